The van der Waals surface area contributed by atoms with Gasteiger partial charge in [-0.3, -0.25) is 0 Å². The fraction of sp³-hybridized carbons (Fsp3) is 0. The molecule has 21 heavy (non-hydrogen) atoms. The summed E-state index contributed by atoms with van der Waals surface area (Å²) in [6, 6.07) is 25.6. The molecular weight excluding hydrogens is 320 g/mol. The Kier molecular flexibility index (Phi) is 3.01. The van der Waals surface area contributed by atoms with Crippen molar-refractivity contribution < 1.29 is 0 Å². The third-order valence-corrected chi connectivity index (χ3v) is 4.65. The second-order valence-electron chi connectivity index (χ2n) is 5.17. The molecule has 0 saturated carbocycles. The van der Waals surface area contributed by atoms with Crippen molar-refractivity contribution in [3.63, 3.8) is 0 Å². The van der Waals surface area contributed by atoms with E-state index in [2.05, 4.69) is 88.7 Å². The predicted octanol–water partition coefficient (Wildman–Crippen LogP) is 6.02. The van der Waals surface area contributed by atoms with Crippen LogP contribution in [0.15, 0.2) is 77.3 Å². The lowest BCUT2D eigenvalue weighted by atomic mass is 10.0. The van der Waals surface area contributed by atoms with Crippen molar-refractivity contribution in [1.82, 2.24) is 0 Å². The van der Waals surface area contributed by atoms with Gasteiger partial charge in [0.15, 0.2) is 0 Å². The van der Waals surface area contributed by atoms with E-state index in [1.54, 1.807) is 0 Å². The number of hydrogen-bond donors (Lipinski definition) is 0. The highest BCUT2D eigenvalue weighted by Gasteiger charge is 2.22. The normalized spacial score (nSPS) is 12.0. The molecule has 0 N–H and O–H groups in total. The van der Waals surface area contributed by atoms with Crippen LogP contribution >= 0.6 is 15.9 Å². The molecule has 4 rings (SSSR count). The Morgan fingerprint density at radius 2 is 1.05 bits per heavy atom. The molecule has 0 saturated heterocycles. The molecule has 0 unspecified atom stereocenters. The monoisotopic (exact) mass is 332 g/mol. The maximum Gasteiger partial charge on any atom is 0.0247 e. The standard InChI is InChI=1S/C20H13Br/c21-20-12-6-1-7-14(20)13-19-17-10-4-2-8-15(17)16-9-3-5-11-18(16)19/h1-13H. The van der Waals surface area contributed by atoms with Crippen molar-refractivity contribution in [1.29, 1.82) is 0 Å². The van der Waals surface area contributed by atoms with Crippen molar-refractivity contribution >= 4 is 27.6 Å². The minimum absolute atomic E-state index is 1.12. The van der Waals surface area contributed by atoms with Crippen molar-refractivity contribution in [2.24, 2.45) is 0 Å². The maximum absolute atomic E-state index is 3.64. The largest absolute Gasteiger partial charge is 0.0616 e. The first-order valence-electron chi connectivity index (χ1n) is 7.00. The Morgan fingerprint density at radius 3 is 1.62 bits per heavy atom. The van der Waals surface area contributed by atoms with Crippen LogP contribution < -0.4 is 0 Å². The fourth-order valence-electron chi connectivity index (χ4n) is 2.95. The molecule has 0 amide bonds. The molecule has 0 bridgehead atoms. The van der Waals surface area contributed by atoms with Gasteiger partial charge >= 0.3 is 0 Å². The Morgan fingerprint density at radius 1 is 0.571 bits per heavy atom. The summed E-state index contributed by atoms with van der Waals surface area (Å²) in [5.74, 6) is 0. The molecule has 0 spiro atoms. The molecule has 3 aromatic carbocycles. The smallest absolute Gasteiger partial charge is 0.0247 e. The average Bonchev–Trinajstić information content (AvgIpc) is 2.85. The summed E-state index contributed by atoms with van der Waals surface area (Å²) in [6.07, 6.45) is 2.27. The van der Waals surface area contributed by atoms with E-state index in [0.29, 0.717) is 0 Å². The van der Waals surface area contributed by atoms with Crippen LogP contribution in [0.4, 0.5) is 0 Å². The van der Waals surface area contributed by atoms with Crippen LogP contribution in [0.25, 0.3) is 22.8 Å². The molecule has 0 aliphatic heterocycles. The van der Waals surface area contributed by atoms with E-state index in [9.17, 15) is 0 Å². The van der Waals surface area contributed by atoms with Crippen LogP contribution in [0.5, 0.6) is 0 Å². The molecule has 100 valence electrons. The zero-order valence-corrected chi connectivity index (χ0v) is 13.0. The summed E-state index contributed by atoms with van der Waals surface area (Å²) < 4.78 is 1.12. The summed E-state index contributed by atoms with van der Waals surface area (Å²) in [7, 11) is 0. The number of benzene rings is 3. The highest BCUT2D eigenvalue weighted by Crippen LogP contribution is 2.44. The molecule has 0 heterocycles. The Hall–Kier alpha value is -2.12. The Balaban J connectivity index is 1.99. The van der Waals surface area contributed by atoms with E-state index in [1.165, 1.54) is 33.4 Å². The number of halogens is 1. The zero-order valence-electron chi connectivity index (χ0n) is 11.4. The number of hydrogen-bond acceptors (Lipinski definition) is 0. The van der Waals surface area contributed by atoms with Crippen LogP contribution in [0.1, 0.15) is 16.7 Å². The molecule has 1 aliphatic rings. The van der Waals surface area contributed by atoms with E-state index in [1.807, 2.05) is 6.07 Å². The first-order valence-corrected chi connectivity index (χ1v) is 7.79. The van der Waals surface area contributed by atoms with Crippen LogP contribution in [0, 0.1) is 0 Å². The van der Waals surface area contributed by atoms with E-state index in [-0.39, 0.29) is 0 Å². The summed E-state index contributed by atoms with van der Waals surface area (Å²) in [4.78, 5) is 0. The number of rotatable bonds is 1. The van der Waals surface area contributed by atoms with Crippen LogP contribution in [-0.4, -0.2) is 0 Å². The SMILES string of the molecule is Brc1ccccc1C=C1c2ccccc2-c2ccccc21. The van der Waals surface area contributed by atoms with Crippen LogP contribution in [0.3, 0.4) is 0 Å². The van der Waals surface area contributed by atoms with Gasteiger partial charge in [-0.15, -0.1) is 0 Å². The summed E-state index contributed by atoms with van der Waals surface area (Å²) in [5, 5.41) is 0. The minimum Gasteiger partial charge on any atom is -0.0616 e. The minimum atomic E-state index is 1.12. The molecule has 0 radical (unpaired) electrons. The first kappa shape index (κ1) is 12.6. The quantitative estimate of drug-likeness (QED) is 0.400. The predicted molar refractivity (Wildman–Crippen MR) is 93.0 cm³/mol. The van der Waals surface area contributed by atoms with Gasteiger partial charge in [0.25, 0.3) is 0 Å². The second-order valence-corrected chi connectivity index (χ2v) is 6.03. The lowest BCUT2D eigenvalue weighted by molar-refractivity contribution is 1.59. The van der Waals surface area contributed by atoms with Gasteiger partial charge in [-0.25, -0.2) is 0 Å². The van der Waals surface area contributed by atoms with E-state index < -0.39 is 0 Å². The molecule has 0 aromatic heterocycles. The average molecular weight is 333 g/mol. The van der Waals surface area contributed by atoms with E-state index in [0.717, 1.165) is 4.47 Å². The van der Waals surface area contributed by atoms with Gasteiger partial charge in [0.2, 0.25) is 0 Å². The Bertz CT molecular complexity index is 811. The second kappa shape index (κ2) is 5.01. The Labute approximate surface area is 132 Å². The van der Waals surface area contributed by atoms with Gasteiger partial charge in [0.1, 0.15) is 0 Å². The summed E-state index contributed by atoms with van der Waals surface area (Å²) in [6.45, 7) is 0. The van der Waals surface area contributed by atoms with Gasteiger partial charge in [0.05, 0.1) is 0 Å². The topological polar surface area (TPSA) is 0 Å². The third-order valence-electron chi connectivity index (χ3n) is 3.93. The highest BCUT2D eigenvalue weighted by atomic mass is 79.9. The lowest BCUT2D eigenvalue weighted by Gasteiger charge is -2.04. The molecule has 0 nitrogen and oxygen atoms in total. The van der Waals surface area contributed by atoms with Crippen molar-refractivity contribution in [2.75, 3.05) is 0 Å². The zero-order chi connectivity index (χ0) is 14.2. The van der Waals surface area contributed by atoms with Gasteiger partial charge in [-0.05, 0) is 45.5 Å². The fourth-order valence-corrected chi connectivity index (χ4v) is 3.35. The molecule has 1 heteroatoms. The highest BCUT2D eigenvalue weighted by molar-refractivity contribution is 9.10. The molecule has 0 fully saturated rings. The molecule has 1 aliphatic carbocycles. The van der Waals surface area contributed by atoms with Crippen molar-refractivity contribution in [3.8, 4) is 11.1 Å². The van der Waals surface area contributed by atoms with Gasteiger partial charge in [-0.2, -0.15) is 0 Å². The van der Waals surface area contributed by atoms with E-state index >= 15 is 0 Å². The summed E-state index contributed by atoms with van der Waals surface area (Å²) >= 11 is 3.64. The van der Waals surface area contributed by atoms with Crippen LogP contribution in [0.2, 0.25) is 0 Å². The van der Waals surface area contributed by atoms with Gasteiger partial charge in [0, 0.05) is 4.47 Å². The molecular formula is C20H13Br. The third kappa shape index (κ3) is 2.05. The van der Waals surface area contributed by atoms with Crippen LogP contribution in [-0.2, 0) is 0 Å². The number of fused-ring (bicyclic) bond motifs is 3. The van der Waals surface area contributed by atoms with Crippen molar-refractivity contribution in [3.05, 3.63) is 94.0 Å². The van der Waals surface area contributed by atoms with Gasteiger partial charge < -0.3 is 0 Å². The van der Waals surface area contributed by atoms with Crippen molar-refractivity contribution in [2.45, 2.75) is 0 Å². The van der Waals surface area contributed by atoms with Gasteiger partial charge in [-0.1, -0.05) is 82.7 Å². The molecule has 3 aromatic rings. The van der Waals surface area contributed by atoms with E-state index in [4.69, 9.17) is 0 Å². The maximum atomic E-state index is 3.64. The molecule has 0 atom stereocenters. The summed E-state index contributed by atoms with van der Waals surface area (Å²) in [5.41, 5.74) is 7.79. The first-order chi connectivity index (χ1) is 10.3. The lowest BCUT2D eigenvalue weighted by Crippen LogP contribution is -1.82.